The van der Waals surface area contributed by atoms with Crippen LogP contribution in [-0.2, 0) is 0 Å². The van der Waals surface area contributed by atoms with E-state index in [1.807, 2.05) is 12.1 Å². The molecule has 1 aromatic rings. The molecule has 0 aliphatic carbocycles. The van der Waals surface area contributed by atoms with Crippen LogP contribution in [-0.4, -0.2) is 12.5 Å². The Kier molecular flexibility index (Phi) is 4.42. The molecule has 1 aromatic carbocycles. The van der Waals surface area contributed by atoms with E-state index < -0.39 is 0 Å². The third-order valence-electron chi connectivity index (χ3n) is 2.81. The summed E-state index contributed by atoms with van der Waals surface area (Å²) in [5.41, 5.74) is 0.837. The quantitative estimate of drug-likeness (QED) is 0.774. The first-order valence-corrected chi connectivity index (χ1v) is 5.96. The molecule has 3 heteroatoms. The van der Waals surface area contributed by atoms with Gasteiger partial charge in [-0.05, 0) is 36.1 Å². The summed E-state index contributed by atoms with van der Waals surface area (Å²) in [6.07, 6.45) is 1.04. The standard InChI is InChI=1S/C13H19NOS/c1-4-13(2,3)9-14-12(15)10-5-7-11(16)8-6-10/h5-8,16H,4,9H2,1-3H3,(H,14,15). The molecule has 0 bridgehead atoms. The molecular formula is C13H19NOS. The summed E-state index contributed by atoms with van der Waals surface area (Å²) in [6.45, 7) is 7.11. The van der Waals surface area contributed by atoms with Crippen molar-refractivity contribution in [3.05, 3.63) is 29.8 Å². The first-order valence-electron chi connectivity index (χ1n) is 5.52. The lowest BCUT2D eigenvalue weighted by Crippen LogP contribution is -2.33. The summed E-state index contributed by atoms with van der Waals surface area (Å²) in [5, 5.41) is 2.95. The fourth-order valence-electron chi connectivity index (χ4n) is 1.16. The molecule has 1 rings (SSSR count). The number of benzene rings is 1. The van der Waals surface area contributed by atoms with Crippen LogP contribution in [0.25, 0.3) is 0 Å². The van der Waals surface area contributed by atoms with Gasteiger partial charge in [0.1, 0.15) is 0 Å². The summed E-state index contributed by atoms with van der Waals surface area (Å²) in [7, 11) is 0. The molecule has 0 aromatic heterocycles. The van der Waals surface area contributed by atoms with E-state index in [1.165, 1.54) is 0 Å². The maximum absolute atomic E-state index is 11.8. The van der Waals surface area contributed by atoms with E-state index in [2.05, 4.69) is 38.7 Å². The van der Waals surface area contributed by atoms with Crippen molar-refractivity contribution in [2.45, 2.75) is 32.1 Å². The first kappa shape index (κ1) is 13.1. The molecule has 0 saturated heterocycles. The van der Waals surface area contributed by atoms with Gasteiger partial charge in [-0.2, -0.15) is 0 Å². The number of amides is 1. The number of carbonyl (C=O) groups is 1. The second-order valence-corrected chi connectivity index (χ2v) is 5.26. The highest BCUT2D eigenvalue weighted by molar-refractivity contribution is 7.80. The van der Waals surface area contributed by atoms with Crippen LogP contribution in [0.5, 0.6) is 0 Å². The second-order valence-electron chi connectivity index (χ2n) is 4.75. The molecule has 2 nitrogen and oxygen atoms in total. The Morgan fingerprint density at radius 1 is 1.31 bits per heavy atom. The maximum Gasteiger partial charge on any atom is 0.251 e. The largest absolute Gasteiger partial charge is 0.352 e. The third kappa shape index (κ3) is 3.89. The Hall–Kier alpha value is -0.960. The van der Waals surface area contributed by atoms with E-state index in [-0.39, 0.29) is 11.3 Å². The van der Waals surface area contributed by atoms with Crippen molar-refractivity contribution in [1.29, 1.82) is 0 Å². The van der Waals surface area contributed by atoms with E-state index in [9.17, 15) is 4.79 Å². The zero-order valence-electron chi connectivity index (χ0n) is 10.1. The third-order valence-corrected chi connectivity index (χ3v) is 3.11. The highest BCUT2D eigenvalue weighted by Crippen LogP contribution is 2.18. The van der Waals surface area contributed by atoms with E-state index in [4.69, 9.17) is 0 Å². The highest BCUT2D eigenvalue weighted by Gasteiger charge is 2.16. The molecule has 0 radical (unpaired) electrons. The minimum Gasteiger partial charge on any atom is -0.352 e. The molecule has 88 valence electrons. The number of hydrogen-bond acceptors (Lipinski definition) is 2. The van der Waals surface area contributed by atoms with Crippen LogP contribution in [0.4, 0.5) is 0 Å². The van der Waals surface area contributed by atoms with Crippen molar-refractivity contribution >= 4 is 18.5 Å². The molecule has 0 heterocycles. The molecule has 0 aliphatic rings. The monoisotopic (exact) mass is 237 g/mol. The van der Waals surface area contributed by atoms with Gasteiger partial charge in [-0.3, -0.25) is 4.79 Å². The van der Waals surface area contributed by atoms with Crippen molar-refractivity contribution < 1.29 is 4.79 Å². The molecule has 1 amide bonds. The van der Waals surface area contributed by atoms with E-state index >= 15 is 0 Å². The number of nitrogens with one attached hydrogen (secondary N) is 1. The van der Waals surface area contributed by atoms with Crippen molar-refractivity contribution in [3.63, 3.8) is 0 Å². The summed E-state index contributed by atoms with van der Waals surface area (Å²) in [5.74, 6) is -0.0186. The summed E-state index contributed by atoms with van der Waals surface area (Å²) < 4.78 is 0. The normalized spacial score (nSPS) is 11.2. The smallest absolute Gasteiger partial charge is 0.251 e. The van der Waals surface area contributed by atoms with Gasteiger partial charge in [-0.25, -0.2) is 0 Å². The zero-order valence-corrected chi connectivity index (χ0v) is 11.0. The van der Waals surface area contributed by atoms with E-state index in [1.54, 1.807) is 12.1 Å². The predicted octanol–water partition coefficient (Wildman–Crippen LogP) is 3.14. The Morgan fingerprint density at radius 2 is 1.88 bits per heavy atom. The van der Waals surface area contributed by atoms with Crippen LogP contribution in [0.2, 0.25) is 0 Å². The average Bonchev–Trinajstić information content (AvgIpc) is 2.27. The lowest BCUT2D eigenvalue weighted by atomic mass is 9.90. The SMILES string of the molecule is CCC(C)(C)CNC(=O)c1ccc(S)cc1. The second kappa shape index (κ2) is 5.39. The Labute approximate surface area is 103 Å². The fourth-order valence-corrected chi connectivity index (χ4v) is 1.31. The molecule has 16 heavy (non-hydrogen) atoms. The summed E-state index contributed by atoms with van der Waals surface area (Å²) in [6, 6.07) is 7.22. The predicted molar refractivity (Wildman–Crippen MR) is 70.1 cm³/mol. The lowest BCUT2D eigenvalue weighted by molar-refractivity contribution is 0.0935. The van der Waals surface area contributed by atoms with Crippen molar-refractivity contribution in [1.82, 2.24) is 5.32 Å². The number of thiol groups is 1. The summed E-state index contributed by atoms with van der Waals surface area (Å²) >= 11 is 4.18. The Bertz CT molecular complexity index is 357. The molecule has 1 N–H and O–H groups in total. The number of rotatable bonds is 4. The van der Waals surface area contributed by atoms with Gasteiger partial charge in [0.2, 0.25) is 0 Å². The van der Waals surface area contributed by atoms with Crippen LogP contribution < -0.4 is 5.32 Å². The van der Waals surface area contributed by atoms with E-state index in [0.717, 1.165) is 11.3 Å². The maximum atomic E-state index is 11.8. The minimum atomic E-state index is -0.0186. The zero-order chi connectivity index (χ0) is 12.2. The van der Waals surface area contributed by atoms with Gasteiger partial charge >= 0.3 is 0 Å². The van der Waals surface area contributed by atoms with Gasteiger partial charge in [0.15, 0.2) is 0 Å². The van der Waals surface area contributed by atoms with Crippen molar-refractivity contribution in [2.24, 2.45) is 5.41 Å². The lowest BCUT2D eigenvalue weighted by Gasteiger charge is -2.22. The van der Waals surface area contributed by atoms with Gasteiger partial charge in [0, 0.05) is 17.0 Å². The van der Waals surface area contributed by atoms with E-state index in [0.29, 0.717) is 12.1 Å². The topological polar surface area (TPSA) is 29.1 Å². The van der Waals surface area contributed by atoms with Crippen LogP contribution in [0.15, 0.2) is 29.2 Å². The average molecular weight is 237 g/mol. The molecule has 0 spiro atoms. The van der Waals surface area contributed by atoms with Crippen LogP contribution in [0.3, 0.4) is 0 Å². The molecule has 0 atom stereocenters. The fraction of sp³-hybridized carbons (Fsp3) is 0.462. The Balaban J connectivity index is 2.56. The first-order chi connectivity index (χ1) is 7.44. The minimum absolute atomic E-state index is 0.0186. The van der Waals surface area contributed by atoms with Gasteiger partial charge in [-0.1, -0.05) is 20.8 Å². The summed E-state index contributed by atoms with van der Waals surface area (Å²) in [4.78, 5) is 12.6. The molecule has 0 saturated carbocycles. The Morgan fingerprint density at radius 3 is 2.38 bits per heavy atom. The van der Waals surface area contributed by atoms with Crippen molar-refractivity contribution in [3.8, 4) is 0 Å². The molecular weight excluding hydrogens is 218 g/mol. The number of hydrogen-bond donors (Lipinski definition) is 2. The van der Waals surface area contributed by atoms with Gasteiger partial charge < -0.3 is 5.32 Å². The van der Waals surface area contributed by atoms with Gasteiger partial charge in [0.05, 0.1) is 0 Å². The van der Waals surface area contributed by atoms with Gasteiger partial charge in [0.25, 0.3) is 5.91 Å². The van der Waals surface area contributed by atoms with Crippen molar-refractivity contribution in [2.75, 3.05) is 6.54 Å². The molecule has 0 aliphatic heterocycles. The van der Waals surface area contributed by atoms with Gasteiger partial charge in [-0.15, -0.1) is 12.6 Å². The van der Waals surface area contributed by atoms with Crippen LogP contribution >= 0.6 is 12.6 Å². The van der Waals surface area contributed by atoms with Crippen LogP contribution in [0.1, 0.15) is 37.6 Å². The molecule has 0 unspecified atom stereocenters. The highest BCUT2D eigenvalue weighted by atomic mass is 32.1. The van der Waals surface area contributed by atoms with Crippen LogP contribution in [0, 0.1) is 5.41 Å². The molecule has 0 fully saturated rings. The number of carbonyl (C=O) groups excluding carboxylic acids is 1.